The van der Waals surface area contributed by atoms with E-state index in [9.17, 15) is 10.2 Å². The van der Waals surface area contributed by atoms with Gasteiger partial charge in [0.15, 0.2) is 0 Å². The third kappa shape index (κ3) is 4.97. The molecule has 0 aliphatic heterocycles. The fraction of sp³-hybridized carbons (Fsp3) is 0.625. The summed E-state index contributed by atoms with van der Waals surface area (Å²) in [4.78, 5) is 0. The smallest absolute Gasteiger partial charge is 0.122 e. The Bertz CT molecular complexity index is 420. The Morgan fingerprint density at radius 1 is 1.20 bits per heavy atom. The number of hydrogen-bond donors (Lipinski definition) is 2. The van der Waals surface area contributed by atoms with Gasteiger partial charge < -0.3 is 14.9 Å². The van der Waals surface area contributed by atoms with E-state index >= 15 is 0 Å². The van der Waals surface area contributed by atoms with Crippen LogP contribution >= 0.6 is 11.6 Å². The van der Waals surface area contributed by atoms with Gasteiger partial charge in [0.25, 0.3) is 0 Å². The van der Waals surface area contributed by atoms with Crippen LogP contribution in [0.25, 0.3) is 0 Å². The molecule has 0 saturated carbocycles. The maximum absolute atomic E-state index is 9.85. The molecule has 2 unspecified atom stereocenters. The summed E-state index contributed by atoms with van der Waals surface area (Å²) in [6.45, 7) is 6.52. The number of aliphatic hydroxyl groups is 2. The summed E-state index contributed by atoms with van der Waals surface area (Å²) in [6, 6.07) is 3.84. The Morgan fingerprint density at radius 2 is 1.90 bits per heavy atom. The molecule has 0 spiro atoms. The van der Waals surface area contributed by atoms with Crippen molar-refractivity contribution in [2.45, 2.75) is 58.7 Å². The van der Waals surface area contributed by atoms with Gasteiger partial charge in [0, 0.05) is 5.02 Å². The lowest BCUT2D eigenvalue weighted by molar-refractivity contribution is 0.0130. The lowest BCUT2D eigenvalue weighted by Gasteiger charge is -2.18. The summed E-state index contributed by atoms with van der Waals surface area (Å²) in [5.74, 6) is 0.826. The standard InChI is InChI=1S/C16H25ClO3/c1-4-8-20-16-9-11(3)13(17)10-12(16)6-7-15(19)14(18)5-2/h9-10,14-15,18-19H,4-8H2,1-3H3. The van der Waals surface area contributed by atoms with Crippen LogP contribution in [0.1, 0.15) is 44.2 Å². The summed E-state index contributed by atoms with van der Waals surface area (Å²) in [5, 5.41) is 20.2. The first kappa shape index (κ1) is 17.3. The number of aryl methyl sites for hydroxylation is 2. The van der Waals surface area contributed by atoms with E-state index in [1.807, 2.05) is 26.0 Å². The molecule has 0 saturated heterocycles. The Morgan fingerprint density at radius 3 is 2.50 bits per heavy atom. The monoisotopic (exact) mass is 300 g/mol. The maximum Gasteiger partial charge on any atom is 0.122 e. The molecular weight excluding hydrogens is 276 g/mol. The van der Waals surface area contributed by atoms with E-state index < -0.39 is 12.2 Å². The molecule has 3 nitrogen and oxygen atoms in total. The summed E-state index contributed by atoms with van der Waals surface area (Å²) in [5.41, 5.74) is 1.96. The highest BCUT2D eigenvalue weighted by Gasteiger charge is 2.16. The second-order valence-electron chi connectivity index (χ2n) is 5.14. The van der Waals surface area contributed by atoms with Gasteiger partial charge in [-0.05, 0) is 55.9 Å². The molecule has 0 fully saturated rings. The van der Waals surface area contributed by atoms with Crippen LogP contribution in [0.3, 0.4) is 0 Å². The minimum atomic E-state index is -0.709. The van der Waals surface area contributed by atoms with Crippen molar-refractivity contribution in [3.63, 3.8) is 0 Å². The van der Waals surface area contributed by atoms with Crippen LogP contribution in [0.15, 0.2) is 12.1 Å². The first-order valence-corrected chi connectivity index (χ1v) is 7.65. The number of ether oxygens (including phenoxy) is 1. The van der Waals surface area contributed by atoms with Crippen LogP contribution in [0, 0.1) is 6.92 Å². The first-order chi connectivity index (χ1) is 9.49. The fourth-order valence-corrected chi connectivity index (χ4v) is 2.19. The van der Waals surface area contributed by atoms with Crippen LogP contribution in [0.2, 0.25) is 5.02 Å². The zero-order valence-corrected chi connectivity index (χ0v) is 13.3. The van der Waals surface area contributed by atoms with Gasteiger partial charge in [0.1, 0.15) is 5.75 Å². The minimum absolute atomic E-state index is 0.497. The number of benzene rings is 1. The second-order valence-corrected chi connectivity index (χ2v) is 5.55. The van der Waals surface area contributed by atoms with Crippen LogP contribution in [0.5, 0.6) is 5.75 Å². The van der Waals surface area contributed by atoms with Crippen LogP contribution < -0.4 is 4.74 Å². The van der Waals surface area contributed by atoms with Crippen LogP contribution in [-0.2, 0) is 6.42 Å². The van der Waals surface area contributed by atoms with Crippen molar-refractivity contribution in [1.29, 1.82) is 0 Å². The van der Waals surface area contributed by atoms with Crippen LogP contribution in [0.4, 0.5) is 0 Å². The molecule has 0 aromatic heterocycles. The Balaban J connectivity index is 2.78. The first-order valence-electron chi connectivity index (χ1n) is 7.27. The van der Waals surface area contributed by atoms with Gasteiger partial charge in [0.05, 0.1) is 18.8 Å². The molecule has 1 aromatic carbocycles. The van der Waals surface area contributed by atoms with Crippen molar-refractivity contribution in [2.24, 2.45) is 0 Å². The van der Waals surface area contributed by atoms with Gasteiger partial charge in [-0.1, -0.05) is 25.4 Å². The normalized spacial score (nSPS) is 14.1. The molecule has 114 valence electrons. The zero-order valence-electron chi connectivity index (χ0n) is 12.5. The SMILES string of the molecule is CCCOc1cc(C)c(Cl)cc1CCC(O)C(O)CC. The highest BCUT2D eigenvalue weighted by Crippen LogP contribution is 2.28. The second kappa shape index (κ2) is 8.50. The third-order valence-corrected chi connectivity index (χ3v) is 3.78. The molecule has 20 heavy (non-hydrogen) atoms. The van der Waals surface area contributed by atoms with Gasteiger partial charge in [-0.25, -0.2) is 0 Å². The largest absolute Gasteiger partial charge is 0.493 e. The van der Waals surface area contributed by atoms with E-state index in [1.54, 1.807) is 0 Å². The molecule has 0 amide bonds. The van der Waals surface area contributed by atoms with E-state index in [-0.39, 0.29) is 0 Å². The van der Waals surface area contributed by atoms with E-state index in [0.29, 0.717) is 30.9 Å². The predicted octanol–water partition coefficient (Wildman–Crippen LogP) is 3.50. The van der Waals surface area contributed by atoms with Crippen molar-refractivity contribution in [1.82, 2.24) is 0 Å². The molecule has 1 rings (SSSR count). The molecule has 4 heteroatoms. The van der Waals surface area contributed by atoms with E-state index in [1.165, 1.54) is 0 Å². The number of aliphatic hydroxyl groups excluding tert-OH is 2. The Labute approximate surface area is 126 Å². The average Bonchev–Trinajstić information content (AvgIpc) is 2.45. The van der Waals surface area contributed by atoms with Crippen molar-refractivity contribution >= 4 is 11.6 Å². The van der Waals surface area contributed by atoms with Crippen molar-refractivity contribution in [3.05, 3.63) is 28.3 Å². The quantitative estimate of drug-likeness (QED) is 0.772. The Hall–Kier alpha value is -0.770. The van der Waals surface area contributed by atoms with Crippen molar-refractivity contribution in [2.75, 3.05) is 6.61 Å². The van der Waals surface area contributed by atoms with Gasteiger partial charge in [-0.2, -0.15) is 0 Å². The summed E-state index contributed by atoms with van der Waals surface area (Å²) in [6.07, 6.45) is 1.25. The zero-order chi connectivity index (χ0) is 15.1. The van der Waals surface area contributed by atoms with Crippen molar-refractivity contribution < 1.29 is 14.9 Å². The van der Waals surface area contributed by atoms with Crippen LogP contribution in [-0.4, -0.2) is 29.0 Å². The minimum Gasteiger partial charge on any atom is -0.493 e. The van der Waals surface area contributed by atoms with Gasteiger partial charge in [0.2, 0.25) is 0 Å². The topological polar surface area (TPSA) is 49.7 Å². The maximum atomic E-state index is 9.85. The van der Waals surface area contributed by atoms with Gasteiger partial charge in [-0.3, -0.25) is 0 Å². The summed E-state index contributed by atoms with van der Waals surface area (Å²) >= 11 is 6.16. The molecule has 0 aliphatic rings. The van der Waals surface area contributed by atoms with Gasteiger partial charge in [-0.15, -0.1) is 0 Å². The Kier molecular flexibility index (Phi) is 7.35. The lowest BCUT2D eigenvalue weighted by Crippen LogP contribution is -2.25. The van der Waals surface area contributed by atoms with E-state index in [4.69, 9.17) is 16.3 Å². The number of hydrogen-bond acceptors (Lipinski definition) is 3. The van der Waals surface area contributed by atoms with E-state index in [2.05, 4.69) is 6.92 Å². The molecule has 0 heterocycles. The van der Waals surface area contributed by atoms with E-state index in [0.717, 1.165) is 23.3 Å². The van der Waals surface area contributed by atoms with Gasteiger partial charge >= 0.3 is 0 Å². The fourth-order valence-electron chi connectivity index (χ4n) is 2.01. The molecule has 2 N–H and O–H groups in total. The average molecular weight is 301 g/mol. The summed E-state index contributed by atoms with van der Waals surface area (Å²) < 4.78 is 5.74. The van der Waals surface area contributed by atoms with Crippen molar-refractivity contribution in [3.8, 4) is 5.75 Å². The predicted molar refractivity (Wildman–Crippen MR) is 82.6 cm³/mol. The third-order valence-electron chi connectivity index (χ3n) is 3.38. The molecular formula is C16H25ClO3. The molecule has 1 aromatic rings. The molecule has 0 radical (unpaired) electrons. The number of rotatable bonds is 8. The molecule has 0 aliphatic carbocycles. The highest BCUT2D eigenvalue weighted by molar-refractivity contribution is 6.31. The highest BCUT2D eigenvalue weighted by atomic mass is 35.5. The number of halogens is 1. The molecule has 2 atom stereocenters. The lowest BCUT2D eigenvalue weighted by atomic mass is 10.0. The summed E-state index contributed by atoms with van der Waals surface area (Å²) in [7, 11) is 0. The molecule has 0 bridgehead atoms.